The van der Waals surface area contributed by atoms with Crippen molar-refractivity contribution in [1.82, 2.24) is 5.32 Å². The molecule has 0 unspecified atom stereocenters. The van der Waals surface area contributed by atoms with Gasteiger partial charge in [0.2, 0.25) is 0 Å². The smallest absolute Gasteiger partial charge is 0.292 e. The van der Waals surface area contributed by atoms with E-state index in [2.05, 4.69) is 5.32 Å². The summed E-state index contributed by atoms with van der Waals surface area (Å²) in [5.74, 6) is -0.298. The number of nitrogens with zero attached hydrogens (tertiary/aromatic N) is 1. The van der Waals surface area contributed by atoms with E-state index in [4.69, 9.17) is 5.73 Å². The second-order valence-corrected chi connectivity index (χ2v) is 6.23. The van der Waals surface area contributed by atoms with Gasteiger partial charge in [-0.25, -0.2) is 0 Å². The van der Waals surface area contributed by atoms with Gasteiger partial charge in [-0.2, -0.15) is 11.8 Å². The number of nitrogen functional groups attached to an aromatic ring is 1. The van der Waals surface area contributed by atoms with Crippen molar-refractivity contribution < 1.29 is 9.72 Å². The van der Waals surface area contributed by atoms with Gasteiger partial charge in [-0.05, 0) is 31.2 Å². The molecule has 0 heterocycles. The number of carbonyl (C=O) groups is 1. The monoisotopic (exact) mass is 295 g/mol. The lowest BCUT2D eigenvalue weighted by Gasteiger charge is -2.40. The highest BCUT2D eigenvalue weighted by molar-refractivity contribution is 8.00. The van der Waals surface area contributed by atoms with E-state index < -0.39 is 4.92 Å². The Bertz CT molecular complexity index is 538. The first-order chi connectivity index (χ1) is 9.47. The van der Waals surface area contributed by atoms with Gasteiger partial charge < -0.3 is 11.1 Å². The third-order valence-corrected chi connectivity index (χ3v) is 5.18. The molecule has 0 bridgehead atoms. The zero-order chi connectivity index (χ0) is 14.8. The van der Waals surface area contributed by atoms with Crippen LogP contribution in [0.25, 0.3) is 0 Å². The van der Waals surface area contributed by atoms with Crippen LogP contribution in [-0.2, 0) is 0 Å². The van der Waals surface area contributed by atoms with Gasteiger partial charge in [-0.1, -0.05) is 6.42 Å². The third-order valence-electron chi connectivity index (χ3n) is 3.76. The molecule has 1 aromatic carbocycles. The number of thioether (sulfide) groups is 1. The minimum absolute atomic E-state index is 0.0612. The van der Waals surface area contributed by atoms with Crippen LogP contribution in [0.5, 0.6) is 0 Å². The Labute approximate surface area is 121 Å². The fourth-order valence-electron chi connectivity index (χ4n) is 2.21. The quantitative estimate of drug-likeness (QED) is 0.493. The van der Waals surface area contributed by atoms with Crippen LogP contribution < -0.4 is 11.1 Å². The van der Waals surface area contributed by atoms with Crippen molar-refractivity contribution in [3.05, 3.63) is 33.9 Å². The van der Waals surface area contributed by atoms with E-state index in [9.17, 15) is 14.9 Å². The predicted molar refractivity (Wildman–Crippen MR) is 79.9 cm³/mol. The van der Waals surface area contributed by atoms with Gasteiger partial charge >= 0.3 is 0 Å². The van der Waals surface area contributed by atoms with Crippen molar-refractivity contribution in [2.45, 2.75) is 24.0 Å². The van der Waals surface area contributed by atoms with Crippen LogP contribution in [0.4, 0.5) is 11.4 Å². The minimum Gasteiger partial charge on any atom is -0.393 e. The number of hydrogen-bond acceptors (Lipinski definition) is 5. The number of nitro benzene ring substituents is 1. The van der Waals surface area contributed by atoms with E-state index in [1.54, 1.807) is 11.8 Å². The molecule has 0 aliphatic heterocycles. The normalized spacial score (nSPS) is 16.2. The van der Waals surface area contributed by atoms with Crippen molar-refractivity contribution >= 4 is 29.0 Å². The Morgan fingerprint density at radius 3 is 2.75 bits per heavy atom. The number of amides is 1. The van der Waals surface area contributed by atoms with E-state index in [1.165, 1.54) is 24.6 Å². The van der Waals surface area contributed by atoms with Crippen LogP contribution in [0.3, 0.4) is 0 Å². The number of anilines is 1. The first kappa shape index (κ1) is 14.6. The molecule has 7 heteroatoms. The lowest BCUT2D eigenvalue weighted by atomic mass is 9.84. The van der Waals surface area contributed by atoms with Gasteiger partial charge in [-0.15, -0.1) is 0 Å². The zero-order valence-electron chi connectivity index (χ0n) is 11.2. The number of nitro groups is 1. The molecule has 0 saturated heterocycles. The van der Waals surface area contributed by atoms with Gasteiger partial charge in [0.1, 0.15) is 5.69 Å². The van der Waals surface area contributed by atoms with Gasteiger partial charge in [0.15, 0.2) is 0 Å². The number of benzene rings is 1. The van der Waals surface area contributed by atoms with E-state index >= 15 is 0 Å². The molecule has 0 radical (unpaired) electrons. The number of rotatable bonds is 5. The lowest BCUT2D eigenvalue weighted by molar-refractivity contribution is -0.383. The highest BCUT2D eigenvalue weighted by Crippen LogP contribution is 2.42. The molecular weight excluding hydrogens is 278 g/mol. The van der Waals surface area contributed by atoms with Crippen molar-refractivity contribution in [3.8, 4) is 0 Å². The van der Waals surface area contributed by atoms with Crippen molar-refractivity contribution in [3.63, 3.8) is 0 Å². The number of hydrogen-bond donors (Lipinski definition) is 2. The summed E-state index contributed by atoms with van der Waals surface area (Å²) in [6.45, 7) is 0.588. The summed E-state index contributed by atoms with van der Waals surface area (Å²) >= 11 is 1.76. The summed E-state index contributed by atoms with van der Waals surface area (Å²) in [6.07, 6.45) is 5.41. The maximum Gasteiger partial charge on any atom is 0.292 e. The Hall–Kier alpha value is -1.76. The Kier molecular flexibility index (Phi) is 4.17. The van der Waals surface area contributed by atoms with Crippen LogP contribution in [0, 0.1) is 10.1 Å². The Morgan fingerprint density at radius 2 is 2.25 bits per heavy atom. The molecule has 0 atom stereocenters. The molecule has 3 N–H and O–H groups in total. The summed E-state index contributed by atoms with van der Waals surface area (Å²) in [6, 6.07) is 4.11. The molecule has 0 aromatic heterocycles. The van der Waals surface area contributed by atoms with E-state index in [1.807, 2.05) is 6.26 Å². The van der Waals surface area contributed by atoms with Gasteiger partial charge in [0.05, 0.1) is 4.92 Å². The number of nitrogens with one attached hydrogen (secondary N) is 1. The van der Waals surface area contributed by atoms with Crippen molar-refractivity contribution in [2.24, 2.45) is 0 Å². The second kappa shape index (κ2) is 5.70. The SMILES string of the molecule is CSC1(CNC(=O)c2ccc(N)c([N+](=O)[O-])c2)CCC1. The number of carbonyl (C=O) groups excluding carboxylic acids is 1. The van der Waals surface area contributed by atoms with Crippen LogP contribution in [0.1, 0.15) is 29.6 Å². The van der Waals surface area contributed by atoms with Crippen LogP contribution in [0.15, 0.2) is 18.2 Å². The van der Waals surface area contributed by atoms with Crippen LogP contribution >= 0.6 is 11.8 Å². The van der Waals surface area contributed by atoms with E-state index in [0.717, 1.165) is 12.8 Å². The molecule has 6 nitrogen and oxygen atoms in total. The topological polar surface area (TPSA) is 98.3 Å². The Morgan fingerprint density at radius 1 is 1.55 bits per heavy atom. The number of nitrogens with two attached hydrogens (primary N) is 1. The summed E-state index contributed by atoms with van der Waals surface area (Å²) in [7, 11) is 0. The molecule has 108 valence electrons. The van der Waals surface area contributed by atoms with Gasteiger partial charge in [0, 0.05) is 22.9 Å². The van der Waals surface area contributed by atoms with Crippen LogP contribution in [-0.4, -0.2) is 28.4 Å². The Balaban J connectivity index is 2.06. The fourth-order valence-corrected chi connectivity index (χ4v) is 3.12. The molecule has 2 rings (SSSR count). The molecule has 1 aliphatic rings. The largest absolute Gasteiger partial charge is 0.393 e. The average Bonchev–Trinajstić information content (AvgIpc) is 2.38. The summed E-state index contributed by atoms with van der Waals surface area (Å²) in [5.41, 5.74) is 5.60. The lowest BCUT2D eigenvalue weighted by Crippen LogP contribution is -2.45. The minimum atomic E-state index is -0.582. The van der Waals surface area contributed by atoms with E-state index in [0.29, 0.717) is 6.54 Å². The maximum atomic E-state index is 12.0. The highest BCUT2D eigenvalue weighted by atomic mass is 32.2. The van der Waals surface area contributed by atoms with E-state index in [-0.39, 0.29) is 27.6 Å². The standard InChI is InChI=1S/C13H17N3O3S/c1-20-13(5-2-6-13)8-15-12(17)9-3-4-10(14)11(7-9)16(18)19/h3-4,7H,2,5-6,8,14H2,1H3,(H,15,17). The molecule has 0 spiro atoms. The van der Waals surface area contributed by atoms with Crippen molar-refractivity contribution in [2.75, 3.05) is 18.5 Å². The molecule has 1 aromatic rings. The highest BCUT2D eigenvalue weighted by Gasteiger charge is 2.36. The molecule has 1 saturated carbocycles. The zero-order valence-corrected chi connectivity index (χ0v) is 12.0. The first-order valence-electron chi connectivity index (χ1n) is 6.35. The van der Waals surface area contributed by atoms with Crippen molar-refractivity contribution in [1.29, 1.82) is 0 Å². The van der Waals surface area contributed by atoms with Crippen LogP contribution in [0.2, 0.25) is 0 Å². The molecule has 1 fully saturated rings. The summed E-state index contributed by atoms with van der Waals surface area (Å²) < 4.78 is 0.134. The molecular formula is C13H17N3O3S. The second-order valence-electron chi connectivity index (χ2n) is 4.95. The molecule has 20 heavy (non-hydrogen) atoms. The van der Waals surface area contributed by atoms with Gasteiger partial charge in [-0.3, -0.25) is 14.9 Å². The predicted octanol–water partition coefficient (Wildman–Crippen LogP) is 2.19. The average molecular weight is 295 g/mol. The fraction of sp³-hybridized carbons (Fsp3) is 0.462. The summed E-state index contributed by atoms with van der Waals surface area (Å²) in [5, 5.41) is 13.7. The third kappa shape index (κ3) is 2.87. The van der Waals surface area contributed by atoms with Gasteiger partial charge in [0.25, 0.3) is 11.6 Å². The summed E-state index contributed by atoms with van der Waals surface area (Å²) in [4.78, 5) is 22.3. The maximum absolute atomic E-state index is 12.0. The first-order valence-corrected chi connectivity index (χ1v) is 7.57. The molecule has 1 aliphatic carbocycles. The molecule has 1 amide bonds.